The van der Waals surface area contributed by atoms with Gasteiger partial charge in [-0.3, -0.25) is 4.79 Å². The lowest BCUT2D eigenvalue weighted by Crippen LogP contribution is -1.99. The van der Waals surface area contributed by atoms with Crippen molar-refractivity contribution in [2.24, 2.45) is 0 Å². The minimum absolute atomic E-state index is 0.0860. The van der Waals surface area contributed by atoms with E-state index < -0.39 is 11.8 Å². The van der Waals surface area contributed by atoms with Gasteiger partial charge in [-0.25, -0.2) is 4.39 Å². The molecular weight excluding hydrogens is 195 g/mol. The Kier molecular flexibility index (Phi) is 3.25. The van der Waals surface area contributed by atoms with Gasteiger partial charge in [-0.15, -0.1) is 0 Å². The predicted molar refractivity (Wildman–Crippen MR) is 47.4 cm³/mol. The summed E-state index contributed by atoms with van der Waals surface area (Å²) in [6.45, 7) is 0. The molecule has 0 aromatic heterocycles. The maximum absolute atomic E-state index is 13.0. The smallest absolute Gasteiger partial charge is 0.303 e. The molecule has 4 heteroatoms. The van der Waals surface area contributed by atoms with E-state index in [1.165, 1.54) is 18.2 Å². The van der Waals surface area contributed by atoms with Gasteiger partial charge in [0, 0.05) is 11.4 Å². The van der Waals surface area contributed by atoms with Crippen molar-refractivity contribution < 1.29 is 14.3 Å². The first-order valence-corrected chi connectivity index (χ1v) is 4.13. The Balaban J connectivity index is 2.75. The SMILES string of the molecule is O=C(O)CCc1cc(Cl)ccc1F. The number of aliphatic carboxylic acids is 1. The molecule has 0 unspecified atom stereocenters. The van der Waals surface area contributed by atoms with Gasteiger partial charge in [-0.05, 0) is 30.2 Å². The molecule has 0 spiro atoms. The summed E-state index contributed by atoms with van der Waals surface area (Å²) in [5.74, 6) is -1.36. The zero-order valence-corrected chi connectivity index (χ0v) is 7.51. The fourth-order valence-corrected chi connectivity index (χ4v) is 1.17. The number of carbonyl (C=O) groups is 1. The molecule has 0 saturated heterocycles. The van der Waals surface area contributed by atoms with Gasteiger partial charge >= 0.3 is 5.97 Å². The van der Waals surface area contributed by atoms with Gasteiger partial charge in [0.1, 0.15) is 5.82 Å². The van der Waals surface area contributed by atoms with Crippen molar-refractivity contribution in [1.82, 2.24) is 0 Å². The molecular formula is C9H8ClFO2. The van der Waals surface area contributed by atoms with E-state index in [-0.39, 0.29) is 12.8 Å². The molecule has 2 nitrogen and oxygen atoms in total. The largest absolute Gasteiger partial charge is 0.481 e. The Hall–Kier alpha value is -1.09. The van der Waals surface area contributed by atoms with Crippen LogP contribution in [0.4, 0.5) is 4.39 Å². The number of benzene rings is 1. The van der Waals surface area contributed by atoms with Crippen molar-refractivity contribution >= 4 is 17.6 Å². The molecule has 0 atom stereocenters. The summed E-state index contributed by atoms with van der Waals surface area (Å²) in [5.41, 5.74) is 0.343. The van der Waals surface area contributed by atoms with E-state index in [1.54, 1.807) is 0 Å². The Morgan fingerprint density at radius 1 is 1.54 bits per heavy atom. The van der Waals surface area contributed by atoms with Crippen LogP contribution in [0.5, 0.6) is 0 Å². The second kappa shape index (κ2) is 4.23. The maximum Gasteiger partial charge on any atom is 0.303 e. The molecule has 0 radical (unpaired) electrons. The van der Waals surface area contributed by atoms with Crippen LogP contribution in [0.15, 0.2) is 18.2 Å². The van der Waals surface area contributed by atoms with Gasteiger partial charge in [-0.2, -0.15) is 0 Å². The Bertz CT molecular complexity index is 325. The van der Waals surface area contributed by atoms with Crippen LogP contribution in [0, 0.1) is 5.82 Å². The van der Waals surface area contributed by atoms with Crippen LogP contribution < -0.4 is 0 Å². The lowest BCUT2D eigenvalue weighted by molar-refractivity contribution is -0.136. The van der Waals surface area contributed by atoms with Crippen molar-refractivity contribution in [2.75, 3.05) is 0 Å². The quantitative estimate of drug-likeness (QED) is 0.818. The van der Waals surface area contributed by atoms with Gasteiger partial charge in [-0.1, -0.05) is 11.6 Å². The molecule has 1 N–H and O–H groups in total. The first kappa shape index (κ1) is 9.99. The van der Waals surface area contributed by atoms with Crippen LogP contribution in [-0.2, 0) is 11.2 Å². The summed E-state index contributed by atoms with van der Waals surface area (Å²) in [7, 11) is 0. The molecule has 0 amide bonds. The van der Waals surface area contributed by atoms with Crippen LogP contribution in [0.2, 0.25) is 5.02 Å². The van der Waals surface area contributed by atoms with Gasteiger partial charge < -0.3 is 5.11 Å². The number of carboxylic acids is 1. The summed E-state index contributed by atoms with van der Waals surface area (Å²) >= 11 is 5.62. The van der Waals surface area contributed by atoms with Crippen LogP contribution in [-0.4, -0.2) is 11.1 Å². The predicted octanol–water partition coefficient (Wildman–Crippen LogP) is 2.50. The van der Waals surface area contributed by atoms with E-state index in [2.05, 4.69) is 0 Å². The van der Waals surface area contributed by atoms with Gasteiger partial charge in [0.2, 0.25) is 0 Å². The van der Waals surface area contributed by atoms with E-state index in [0.29, 0.717) is 10.6 Å². The summed E-state index contributed by atoms with van der Waals surface area (Å²) in [5, 5.41) is 8.80. The minimum atomic E-state index is -0.945. The third-order valence-electron chi connectivity index (χ3n) is 1.62. The van der Waals surface area contributed by atoms with Crippen molar-refractivity contribution in [3.8, 4) is 0 Å². The van der Waals surface area contributed by atoms with Gasteiger partial charge in [0.25, 0.3) is 0 Å². The summed E-state index contributed by atoms with van der Waals surface area (Å²) in [4.78, 5) is 10.2. The zero-order chi connectivity index (χ0) is 9.84. The highest BCUT2D eigenvalue weighted by Gasteiger charge is 2.05. The molecule has 1 aromatic carbocycles. The summed E-state index contributed by atoms with van der Waals surface area (Å²) < 4.78 is 13.0. The zero-order valence-electron chi connectivity index (χ0n) is 6.76. The Labute approximate surface area is 80.0 Å². The average molecular weight is 203 g/mol. The van der Waals surface area contributed by atoms with E-state index in [9.17, 15) is 9.18 Å². The van der Waals surface area contributed by atoms with E-state index in [0.717, 1.165) is 0 Å². The van der Waals surface area contributed by atoms with Crippen LogP contribution in [0.1, 0.15) is 12.0 Å². The monoisotopic (exact) mass is 202 g/mol. The Morgan fingerprint density at radius 3 is 2.85 bits per heavy atom. The fraction of sp³-hybridized carbons (Fsp3) is 0.222. The summed E-state index contributed by atoms with van der Waals surface area (Å²) in [6.07, 6.45) is 0.0823. The van der Waals surface area contributed by atoms with Crippen LogP contribution in [0.25, 0.3) is 0 Å². The molecule has 0 aliphatic rings. The molecule has 70 valence electrons. The Morgan fingerprint density at radius 2 is 2.23 bits per heavy atom. The van der Waals surface area contributed by atoms with E-state index in [1.807, 2.05) is 0 Å². The first-order chi connectivity index (χ1) is 6.09. The molecule has 0 aliphatic carbocycles. The second-order valence-electron chi connectivity index (χ2n) is 2.63. The van der Waals surface area contributed by atoms with Crippen molar-refractivity contribution in [2.45, 2.75) is 12.8 Å². The maximum atomic E-state index is 13.0. The number of hydrogen-bond donors (Lipinski definition) is 1. The van der Waals surface area contributed by atoms with Gasteiger partial charge in [0.05, 0.1) is 0 Å². The molecule has 0 fully saturated rings. The summed E-state index contributed by atoms with van der Waals surface area (Å²) in [6, 6.07) is 4.11. The standard InChI is InChI=1S/C9H8ClFO2/c10-7-2-3-8(11)6(5-7)1-4-9(12)13/h2-3,5H,1,4H2,(H,12,13). The molecule has 1 aromatic rings. The molecule has 13 heavy (non-hydrogen) atoms. The highest BCUT2D eigenvalue weighted by atomic mass is 35.5. The first-order valence-electron chi connectivity index (χ1n) is 3.75. The minimum Gasteiger partial charge on any atom is -0.481 e. The van der Waals surface area contributed by atoms with Crippen molar-refractivity contribution in [3.05, 3.63) is 34.6 Å². The molecule has 0 bridgehead atoms. The molecule has 0 aliphatic heterocycles. The third kappa shape index (κ3) is 3.03. The number of hydrogen-bond acceptors (Lipinski definition) is 1. The van der Waals surface area contributed by atoms with Crippen molar-refractivity contribution in [1.29, 1.82) is 0 Å². The number of halogens is 2. The molecule has 0 saturated carbocycles. The lowest BCUT2D eigenvalue weighted by atomic mass is 10.1. The van der Waals surface area contributed by atoms with Crippen molar-refractivity contribution in [3.63, 3.8) is 0 Å². The fourth-order valence-electron chi connectivity index (χ4n) is 0.976. The number of carboxylic acid groups (broad SMARTS) is 1. The lowest BCUT2D eigenvalue weighted by Gasteiger charge is -2.00. The average Bonchev–Trinajstić information content (AvgIpc) is 2.06. The highest BCUT2D eigenvalue weighted by molar-refractivity contribution is 6.30. The van der Waals surface area contributed by atoms with E-state index >= 15 is 0 Å². The van der Waals surface area contributed by atoms with E-state index in [4.69, 9.17) is 16.7 Å². The normalized spacial score (nSPS) is 10.0. The van der Waals surface area contributed by atoms with Crippen LogP contribution in [0.3, 0.4) is 0 Å². The third-order valence-corrected chi connectivity index (χ3v) is 1.85. The highest BCUT2D eigenvalue weighted by Crippen LogP contribution is 2.16. The molecule has 1 rings (SSSR count). The number of aryl methyl sites for hydroxylation is 1. The topological polar surface area (TPSA) is 37.3 Å². The van der Waals surface area contributed by atoms with Gasteiger partial charge in [0.15, 0.2) is 0 Å². The second-order valence-corrected chi connectivity index (χ2v) is 3.07. The molecule has 0 heterocycles. The van der Waals surface area contributed by atoms with Crippen LogP contribution >= 0.6 is 11.6 Å². The number of rotatable bonds is 3.